The number of rotatable bonds is 6. The molecule has 0 N–H and O–H groups in total. The van der Waals surface area contributed by atoms with Gasteiger partial charge in [-0.25, -0.2) is 14.2 Å². The molecule has 4 rings (SSSR count). The first kappa shape index (κ1) is 24.6. The summed E-state index contributed by atoms with van der Waals surface area (Å²) in [4.78, 5) is 31.4. The lowest BCUT2D eigenvalue weighted by Crippen LogP contribution is -2.39. The van der Waals surface area contributed by atoms with Gasteiger partial charge in [0.2, 0.25) is 0 Å². The molecule has 6 nitrogen and oxygen atoms in total. The second kappa shape index (κ2) is 10.4. The predicted octanol–water partition coefficient (Wildman–Crippen LogP) is 3.71. The van der Waals surface area contributed by atoms with Gasteiger partial charge >= 0.3 is 5.97 Å². The van der Waals surface area contributed by atoms with Crippen LogP contribution in [0.2, 0.25) is 0 Å². The van der Waals surface area contributed by atoms with Gasteiger partial charge in [-0.3, -0.25) is 9.36 Å². The minimum absolute atomic E-state index is 0.141. The molecule has 1 aliphatic heterocycles. The van der Waals surface area contributed by atoms with Gasteiger partial charge in [0, 0.05) is 0 Å². The molecule has 2 aromatic carbocycles. The first-order chi connectivity index (χ1) is 16.8. The van der Waals surface area contributed by atoms with E-state index in [1.54, 1.807) is 38.1 Å². The van der Waals surface area contributed by atoms with Crippen LogP contribution in [0.25, 0.3) is 6.08 Å². The standard InChI is InChI=1S/C26H20BrFN2O4S/c1-4-12-34-20-11-6-16(13-19(20)27)14-21-24(31)30-23(17-7-9-18(28)10-8-17)22(25(32)33-5-2)15(3)29-26(30)35-21/h1,6-11,13-14,23H,5,12H2,2-3H3/b21-14-/t23-/m0/s1. The normalized spacial score (nSPS) is 15.3. The minimum Gasteiger partial charge on any atom is -0.480 e. The van der Waals surface area contributed by atoms with Crippen LogP contribution in [-0.2, 0) is 9.53 Å². The maximum atomic E-state index is 13.6. The highest BCUT2D eigenvalue weighted by Gasteiger charge is 2.33. The fourth-order valence-electron chi connectivity index (χ4n) is 3.75. The molecular formula is C26H20BrFN2O4S. The zero-order chi connectivity index (χ0) is 25.1. The van der Waals surface area contributed by atoms with Crippen LogP contribution in [0.4, 0.5) is 4.39 Å². The van der Waals surface area contributed by atoms with Crippen LogP contribution < -0.4 is 19.6 Å². The van der Waals surface area contributed by atoms with Gasteiger partial charge in [0.05, 0.1) is 32.9 Å². The summed E-state index contributed by atoms with van der Waals surface area (Å²) < 4.78 is 26.9. The van der Waals surface area contributed by atoms with Crippen LogP contribution in [0.5, 0.6) is 5.75 Å². The van der Waals surface area contributed by atoms with Crippen molar-refractivity contribution in [3.8, 4) is 18.1 Å². The highest BCUT2D eigenvalue weighted by molar-refractivity contribution is 9.10. The number of terminal acetylenes is 1. The fourth-order valence-corrected chi connectivity index (χ4v) is 5.30. The van der Waals surface area contributed by atoms with E-state index < -0.39 is 17.8 Å². The Hall–Kier alpha value is -3.48. The highest BCUT2D eigenvalue weighted by atomic mass is 79.9. The van der Waals surface area contributed by atoms with Crippen LogP contribution in [0.3, 0.4) is 0 Å². The maximum absolute atomic E-state index is 13.6. The van der Waals surface area contributed by atoms with Gasteiger partial charge in [-0.15, -0.1) is 6.42 Å². The lowest BCUT2D eigenvalue weighted by Gasteiger charge is -2.24. The number of thiazole rings is 1. The molecule has 0 saturated carbocycles. The average Bonchev–Trinajstić information content (AvgIpc) is 3.12. The number of carbonyl (C=O) groups is 1. The molecule has 0 amide bonds. The second-order valence-electron chi connectivity index (χ2n) is 7.54. The number of fused-ring (bicyclic) bond motifs is 1. The Balaban J connectivity index is 1.87. The third-order valence-electron chi connectivity index (χ3n) is 5.27. The van der Waals surface area contributed by atoms with E-state index in [1.165, 1.54) is 28.0 Å². The first-order valence-electron chi connectivity index (χ1n) is 10.6. The monoisotopic (exact) mass is 554 g/mol. The minimum atomic E-state index is -0.792. The van der Waals surface area contributed by atoms with Gasteiger partial charge in [-0.2, -0.15) is 0 Å². The number of esters is 1. The topological polar surface area (TPSA) is 69.9 Å². The number of halogens is 2. The molecule has 35 heavy (non-hydrogen) atoms. The smallest absolute Gasteiger partial charge is 0.338 e. The van der Waals surface area contributed by atoms with Crippen molar-refractivity contribution in [3.63, 3.8) is 0 Å². The van der Waals surface area contributed by atoms with E-state index in [9.17, 15) is 14.0 Å². The molecule has 0 fully saturated rings. The van der Waals surface area contributed by atoms with Crippen molar-refractivity contribution in [1.82, 2.24) is 4.57 Å². The Bertz CT molecular complexity index is 1550. The van der Waals surface area contributed by atoms with Gasteiger partial charge in [-0.05, 0) is 71.2 Å². The summed E-state index contributed by atoms with van der Waals surface area (Å²) in [6.07, 6.45) is 6.99. The van der Waals surface area contributed by atoms with Crippen molar-refractivity contribution in [2.24, 2.45) is 4.99 Å². The van der Waals surface area contributed by atoms with Crippen molar-refractivity contribution in [3.05, 3.63) is 94.8 Å². The summed E-state index contributed by atoms with van der Waals surface area (Å²) in [7, 11) is 0. The number of nitrogens with zero attached hydrogens (tertiary/aromatic N) is 2. The lowest BCUT2D eigenvalue weighted by molar-refractivity contribution is -0.139. The molecule has 0 saturated heterocycles. The van der Waals surface area contributed by atoms with Crippen molar-refractivity contribution >= 4 is 39.3 Å². The number of aromatic nitrogens is 1. The van der Waals surface area contributed by atoms with Crippen molar-refractivity contribution in [1.29, 1.82) is 0 Å². The van der Waals surface area contributed by atoms with E-state index in [1.807, 2.05) is 12.1 Å². The molecule has 0 aliphatic carbocycles. The lowest BCUT2D eigenvalue weighted by atomic mass is 9.96. The van der Waals surface area contributed by atoms with E-state index in [4.69, 9.17) is 15.9 Å². The molecule has 0 unspecified atom stereocenters. The van der Waals surface area contributed by atoms with E-state index in [-0.39, 0.29) is 24.3 Å². The van der Waals surface area contributed by atoms with Gasteiger partial charge in [0.1, 0.15) is 18.2 Å². The highest BCUT2D eigenvalue weighted by Crippen LogP contribution is 2.31. The number of benzene rings is 2. The Kier molecular flexibility index (Phi) is 7.34. The van der Waals surface area contributed by atoms with Gasteiger partial charge in [-0.1, -0.05) is 35.5 Å². The Morgan fingerprint density at radius 1 is 1.31 bits per heavy atom. The average molecular weight is 555 g/mol. The van der Waals surface area contributed by atoms with Crippen LogP contribution in [-0.4, -0.2) is 23.8 Å². The molecule has 1 atom stereocenters. The Labute approximate surface area is 213 Å². The van der Waals surface area contributed by atoms with Crippen LogP contribution in [0.1, 0.15) is 31.0 Å². The predicted molar refractivity (Wildman–Crippen MR) is 135 cm³/mol. The third kappa shape index (κ3) is 4.99. The largest absolute Gasteiger partial charge is 0.480 e. The molecule has 1 aliphatic rings. The van der Waals surface area contributed by atoms with E-state index in [2.05, 4.69) is 26.8 Å². The summed E-state index contributed by atoms with van der Waals surface area (Å²) in [5, 5.41) is 0. The number of allylic oxidation sites excluding steroid dienone is 1. The number of ether oxygens (including phenoxy) is 2. The first-order valence-corrected chi connectivity index (χ1v) is 12.3. The van der Waals surface area contributed by atoms with Crippen molar-refractivity contribution < 1.29 is 18.7 Å². The summed E-state index contributed by atoms with van der Waals surface area (Å²) in [6, 6.07) is 10.3. The number of hydrogen-bond donors (Lipinski definition) is 0. The second-order valence-corrected chi connectivity index (χ2v) is 9.40. The van der Waals surface area contributed by atoms with Gasteiger partial charge in [0.25, 0.3) is 5.56 Å². The van der Waals surface area contributed by atoms with E-state index in [0.717, 1.165) is 5.56 Å². The Morgan fingerprint density at radius 3 is 2.71 bits per heavy atom. The number of carbonyl (C=O) groups excluding carboxylic acids is 1. The summed E-state index contributed by atoms with van der Waals surface area (Å²) >= 11 is 4.67. The molecule has 3 aromatic rings. The van der Waals surface area contributed by atoms with Crippen LogP contribution >= 0.6 is 27.3 Å². The zero-order valence-electron chi connectivity index (χ0n) is 18.9. The Morgan fingerprint density at radius 2 is 2.06 bits per heavy atom. The van der Waals surface area contributed by atoms with Gasteiger partial charge in [0.15, 0.2) is 4.80 Å². The zero-order valence-corrected chi connectivity index (χ0v) is 21.3. The maximum Gasteiger partial charge on any atom is 0.338 e. The molecule has 178 valence electrons. The fraction of sp³-hybridized carbons (Fsp3) is 0.192. The van der Waals surface area contributed by atoms with E-state index in [0.29, 0.717) is 30.8 Å². The van der Waals surface area contributed by atoms with Crippen LogP contribution in [0.15, 0.2) is 68.0 Å². The summed E-state index contributed by atoms with van der Waals surface area (Å²) in [5.74, 6) is 2.02. The molecule has 0 spiro atoms. The SMILES string of the molecule is C#CCOc1ccc(/C=c2\sc3n(c2=O)[C@@H](c2ccc(F)cc2)C(C(=O)OCC)=C(C)N=3)cc1Br. The summed E-state index contributed by atoms with van der Waals surface area (Å²) in [6.45, 7) is 3.72. The van der Waals surface area contributed by atoms with Crippen molar-refractivity contribution in [2.45, 2.75) is 19.9 Å². The van der Waals surface area contributed by atoms with E-state index >= 15 is 0 Å². The molecule has 0 bridgehead atoms. The third-order valence-corrected chi connectivity index (χ3v) is 6.87. The molecule has 9 heteroatoms. The quantitative estimate of drug-likeness (QED) is 0.344. The molecule has 0 radical (unpaired) electrons. The molecule has 2 heterocycles. The van der Waals surface area contributed by atoms with Crippen LogP contribution in [0, 0.1) is 18.2 Å². The van der Waals surface area contributed by atoms with Gasteiger partial charge < -0.3 is 9.47 Å². The molecule has 1 aromatic heterocycles. The number of hydrogen-bond acceptors (Lipinski definition) is 6. The van der Waals surface area contributed by atoms with Crippen molar-refractivity contribution in [2.75, 3.05) is 13.2 Å². The molecular weight excluding hydrogens is 535 g/mol. The summed E-state index contributed by atoms with van der Waals surface area (Å²) in [5.41, 5.74) is 1.71.